The number of anilines is 1. The maximum atomic E-state index is 13.4. The topological polar surface area (TPSA) is 145 Å². The number of rotatable bonds is 7. The summed E-state index contributed by atoms with van der Waals surface area (Å²) >= 11 is 0. The number of benzene rings is 4. The quantitative estimate of drug-likeness (QED) is 0.0940. The number of nitrogens with zero attached hydrogens (tertiary/aromatic N) is 7. The molecule has 0 atom stereocenters. The number of non-ortho nitro benzene ring substituents is 1. The van der Waals surface area contributed by atoms with Crippen molar-refractivity contribution < 1.29 is 24.0 Å². The lowest BCUT2D eigenvalue weighted by Gasteiger charge is -2.37. The molecule has 8 heterocycles. The fourth-order valence-electron chi connectivity index (χ4n) is 12.5. The molecule has 378 valence electrons. The van der Waals surface area contributed by atoms with Crippen LogP contribution in [0.15, 0.2) is 84.9 Å². The largest absolute Gasteiger partial charge is 0.399 e. The van der Waals surface area contributed by atoms with Crippen LogP contribution in [0, 0.1) is 22.0 Å². The third-order valence-corrected chi connectivity index (χ3v) is 16.9. The first-order chi connectivity index (χ1) is 35.1. The van der Waals surface area contributed by atoms with Crippen molar-refractivity contribution >= 4 is 45.0 Å². The van der Waals surface area contributed by atoms with E-state index in [4.69, 9.17) is 15.2 Å². The van der Waals surface area contributed by atoms with Crippen LogP contribution in [0.2, 0.25) is 0 Å². The molecular weight excluding hydrogens is 905 g/mol. The van der Waals surface area contributed by atoms with Gasteiger partial charge < -0.3 is 34.1 Å². The summed E-state index contributed by atoms with van der Waals surface area (Å²) in [7, 11) is 0. The number of nitro benzene ring substituents is 1. The van der Waals surface area contributed by atoms with Gasteiger partial charge in [-0.05, 0) is 147 Å². The average molecular weight is 975 g/mol. The first-order valence-corrected chi connectivity index (χ1v) is 26.7. The number of fused-ring (bicyclic) bond motifs is 6. The van der Waals surface area contributed by atoms with Crippen LogP contribution in [-0.2, 0) is 35.4 Å². The number of hydrogen-bond donors (Lipinski definition) is 1. The average Bonchev–Trinajstić information content (AvgIpc) is 3.93. The molecule has 4 aromatic carbocycles. The van der Waals surface area contributed by atoms with Gasteiger partial charge in [0, 0.05) is 166 Å². The summed E-state index contributed by atoms with van der Waals surface area (Å²) in [5.41, 5.74) is 17.9. The lowest BCUT2D eigenvalue weighted by Crippen LogP contribution is -2.42. The van der Waals surface area contributed by atoms with Crippen molar-refractivity contribution in [2.24, 2.45) is 11.8 Å². The number of likely N-dealkylation sites (tertiary alicyclic amines) is 2. The number of carbonyl (C=O) groups excluding carboxylic acids is 2. The molecule has 6 aliphatic rings. The van der Waals surface area contributed by atoms with Crippen molar-refractivity contribution in [2.45, 2.75) is 103 Å². The third kappa shape index (κ3) is 9.66. The number of amides is 2. The highest BCUT2D eigenvalue weighted by Crippen LogP contribution is 2.38. The van der Waals surface area contributed by atoms with Gasteiger partial charge in [-0.15, -0.1) is 0 Å². The molecule has 2 N–H and O–H groups in total. The van der Waals surface area contributed by atoms with Gasteiger partial charge in [0.25, 0.3) is 17.5 Å². The normalized spacial score (nSPS) is 20.0. The highest BCUT2D eigenvalue weighted by atomic mass is 16.6. The van der Waals surface area contributed by atoms with Crippen molar-refractivity contribution in [1.82, 2.24) is 28.7 Å². The van der Waals surface area contributed by atoms with Crippen molar-refractivity contribution in [2.75, 3.05) is 71.4 Å². The zero-order valence-electron chi connectivity index (χ0n) is 42.1. The van der Waals surface area contributed by atoms with E-state index in [1.165, 1.54) is 33.4 Å². The minimum Gasteiger partial charge on any atom is -0.399 e. The van der Waals surface area contributed by atoms with Crippen molar-refractivity contribution in [3.8, 4) is 11.4 Å². The first-order valence-electron chi connectivity index (χ1n) is 26.7. The summed E-state index contributed by atoms with van der Waals surface area (Å²) in [6.07, 6.45) is 10.5. The van der Waals surface area contributed by atoms with E-state index < -0.39 is 0 Å². The lowest BCUT2D eigenvalue weighted by molar-refractivity contribution is -0.384. The van der Waals surface area contributed by atoms with Gasteiger partial charge >= 0.3 is 0 Å². The third-order valence-electron chi connectivity index (χ3n) is 16.9. The zero-order valence-corrected chi connectivity index (χ0v) is 42.1. The maximum Gasteiger partial charge on any atom is 0.269 e. The van der Waals surface area contributed by atoms with E-state index in [1.807, 2.05) is 46.2 Å². The summed E-state index contributed by atoms with van der Waals surface area (Å²) in [6, 6.07) is 28.5. The SMILES string of the molecule is CC1CCN(C(=O)c2ccc3c(c2)c2c(n3-c3ccc(N)cc3)CCN(C3CCOCC3)C2)CC1.CC1CCN(C(=O)c2ccc3c(c2)c2c(n3-c3ccc([N+](=O)[O-])cc3)CCN(C3CCOCC3)C2)CC1. The van der Waals surface area contributed by atoms with Crippen LogP contribution in [-0.4, -0.2) is 123 Å². The molecule has 6 aliphatic heterocycles. The Balaban J connectivity index is 0.000000156. The number of nitrogen functional groups attached to an aromatic ring is 1. The molecule has 4 saturated heterocycles. The number of ether oxygens (including phenoxy) is 2. The standard InChI is InChI=1S/C29H34N4O4.C29H36N4O2/c1-20-8-13-30(14-9-20)29(34)21-2-7-27-25(18-21)26-19-31(22-11-16-37-17-12-22)15-10-28(26)32(27)23-3-5-24(6-4-23)33(35)36;1-20-8-13-31(14-9-20)29(34)21-2-7-27-25(18-21)26-19-32(23-11-16-35-17-12-23)15-10-28(26)33(27)24-5-3-22(30)4-6-24/h2-7,18,20,22H,8-17,19H2,1H3;2-7,18,20,23H,8-17,19,30H2,1H3. The number of hydrogen-bond acceptors (Lipinski definition) is 9. The molecule has 0 aliphatic carbocycles. The Labute approximate surface area is 422 Å². The zero-order chi connectivity index (χ0) is 49.5. The smallest absolute Gasteiger partial charge is 0.269 e. The second-order valence-electron chi connectivity index (χ2n) is 21.4. The Morgan fingerprint density at radius 1 is 0.556 bits per heavy atom. The number of nitro groups is 1. The molecule has 0 bridgehead atoms. The maximum absolute atomic E-state index is 13.4. The summed E-state index contributed by atoms with van der Waals surface area (Å²) in [5, 5.41) is 13.6. The fourth-order valence-corrected chi connectivity index (χ4v) is 12.5. The monoisotopic (exact) mass is 975 g/mol. The molecule has 2 amide bonds. The van der Waals surface area contributed by atoms with Crippen LogP contribution in [0.4, 0.5) is 11.4 Å². The fraction of sp³-hybridized carbons (Fsp3) is 0.483. The summed E-state index contributed by atoms with van der Waals surface area (Å²) < 4.78 is 15.9. The number of piperidine rings is 2. The molecular formula is C58H70N8O6. The Bertz CT molecular complexity index is 2930. The molecule has 6 aromatic rings. The second-order valence-corrected chi connectivity index (χ2v) is 21.4. The Kier molecular flexibility index (Phi) is 13.9. The highest BCUT2D eigenvalue weighted by Gasteiger charge is 2.33. The van der Waals surface area contributed by atoms with E-state index in [0.29, 0.717) is 23.9 Å². The summed E-state index contributed by atoms with van der Waals surface area (Å²) in [5.74, 6) is 1.66. The Morgan fingerprint density at radius 2 is 0.958 bits per heavy atom. The number of aromatic nitrogens is 2. The minimum absolute atomic E-state index is 0.0866. The van der Waals surface area contributed by atoms with Crippen LogP contribution in [0.3, 0.4) is 0 Å². The molecule has 14 nitrogen and oxygen atoms in total. The van der Waals surface area contributed by atoms with Crippen molar-refractivity contribution in [3.63, 3.8) is 0 Å². The molecule has 0 saturated carbocycles. The molecule has 0 unspecified atom stereocenters. The number of nitrogens with two attached hydrogens (primary N) is 1. The van der Waals surface area contributed by atoms with Crippen LogP contribution < -0.4 is 5.73 Å². The van der Waals surface area contributed by atoms with Gasteiger partial charge in [-0.3, -0.25) is 29.5 Å². The van der Waals surface area contributed by atoms with Crippen LogP contribution >= 0.6 is 0 Å². The predicted octanol–water partition coefficient (Wildman–Crippen LogP) is 9.57. The van der Waals surface area contributed by atoms with Crippen LogP contribution in [0.5, 0.6) is 0 Å². The van der Waals surface area contributed by atoms with Crippen molar-refractivity contribution in [1.29, 1.82) is 0 Å². The van der Waals surface area contributed by atoms with Crippen LogP contribution in [0.1, 0.15) is 108 Å². The molecule has 14 heteroatoms. The Morgan fingerprint density at radius 3 is 1.36 bits per heavy atom. The van der Waals surface area contributed by atoms with Gasteiger partial charge in [-0.25, -0.2) is 0 Å². The van der Waals surface area contributed by atoms with E-state index in [9.17, 15) is 19.7 Å². The second kappa shape index (κ2) is 20.8. The van der Waals surface area contributed by atoms with E-state index in [0.717, 1.165) is 182 Å². The van der Waals surface area contributed by atoms with Gasteiger partial charge in [0.1, 0.15) is 0 Å². The van der Waals surface area contributed by atoms with Gasteiger partial charge in [-0.2, -0.15) is 0 Å². The molecule has 72 heavy (non-hydrogen) atoms. The number of carbonyl (C=O) groups is 2. The molecule has 4 fully saturated rings. The molecule has 2 aromatic heterocycles. The Hall–Kier alpha value is -6.06. The first kappa shape index (κ1) is 48.2. The van der Waals surface area contributed by atoms with Crippen molar-refractivity contribution in [3.05, 3.63) is 129 Å². The van der Waals surface area contributed by atoms with E-state index in [1.54, 1.807) is 12.1 Å². The minimum atomic E-state index is -0.363. The van der Waals surface area contributed by atoms with Gasteiger partial charge in [0.15, 0.2) is 0 Å². The van der Waals surface area contributed by atoms with Gasteiger partial charge in [0.2, 0.25) is 0 Å². The van der Waals surface area contributed by atoms with Crippen LogP contribution in [0.25, 0.3) is 33.2 Å². The molecule has 12 rings (SSSR count). The van der Waals surface area contributed by atoms with Gasteiger partial charge in [-0.1, -0.05) is 13.8 Å². The van der Waals surface area contributed by atoms with E-state index in [2.05, 4.69) is 69.2 Å². The van der Waals surface area contributed by atoms with Gasteiger partial charge in [0.05, 0.1) is 16.0 Å². The predicted molar refractivity (Wildman–Crippen MR) is 282 cm³/mol. The molecule has 0 spiro atoms. The molecule has 0 radical (unpaired) electrons. The van der Waals surface area contributed by atoms with E-state index in [-0.39, 0.29) is 22.4 Å². The lowest BCUT2D eigenvalue weighted by atomic mass is 9.97. The van der Waals surface area contributed by atoms with E-state index >= 15 is 0 Å². The summed E-state index contributed by atoms with van der Waals surface area (Å²) in [6.45, 7) is 15.0. The highest BCUT2D eigenvalue weighted by molar-refractivity contribution is 6.01. The summed E-state index contributed by atoms with van der Waals surface area (Å²) in [4.78, 5) is 47.0.